The van der Waals surface area contributed by atoms with Crippen LogP contribution < -0.4 is 4.90 Å². The molecule has 0 aliphatic carbocycles. The van der Waals surface area contributed by atoms with Crippen LogP contribution in [0.2, 0.25) is 0 Å². The fourth-order valence-electron chi connectivity index (χ4n) is 2.37. The first-order valence-electron chi connectivity index (χ1n) is 6.39. The fraction of sp³-hybridized carbons (Fsp3) is 0.188. The first-order valence-corrected chi connectivity index (χ1v) is 7.20. The molecule has 3 aromatic rings. The number of benzene rings is 2. The van der Waals surface area contributed by atoms with E-state index in [4.69, 9.17) is 5.11 Å². The Morgan fingerprint density at radius 1 is 1.10 bits per heavy atom. The van der Waals surface area contributed by atoms with E-state index >= 15 is 0 Å². The minimum Gasteiger partial charge on any atom is -0.481 e. The summed E-state index contributed by atoms with van der Waals surface area (Å²) in [6.45, 7) is 0. The topological polar surface area (TPSA) is 40.5 Å². The molecule has 0 bridgehead atoms. The fourth-order valence-corrected chi connectivity index (χ4v) is 3.58. The molecule has 0 spiro atoms. The normalized spacial score (nSPS) is 11.1. The highest BCUT2D eigenvalue weighted by molar-refractivity contribution is 7.25. The Kier molecular flexibility index (Phi) is 3.10. The summed E-state index contributed by atoms with van der Waals surface area (Å²) in [6.07, 6.45) is 0.0765. The molecule has 102 valence electrons. The third kappa shape index (κ3) is 2.23. The second-order valence-corrected chi connectivity index (χ2v) is 6.16. The third-order valence-corrected chi connectivity index (χ3v) is 4.51. The Bertz CT molecular complexity index is 805. The molecular weight excluding hydrogens is 270 g/mol. The molecule has 0 saturated heterocycles. The van der Waals surface area contributed by atoms with E-state index < -0.39 is 5.97 Å². The summed E-state index contributed by atoms with van der Waals surface area (Å²) in [5.41, 5.74) is 2.03. The van der Waals surface area contributed by atoms with E-state index in [9.17, 15) is 4.79 Å². The standard InChI is InChI=1S/C16H15NO2S/c1-17(2)11-4-6-13-12-5-3-10(8-16(18)19)7-14(12)20-15(13)9-11/h3-7,9H,8H2,1-2H3,(H,18,19). The molecule has 1 aromatic heterocycles. The predicted octanol–water partition coefficient (Wildman–Crippen LogP) is 3.75. The molecule has 3 nitrogen and oxygen atoms in total. The van der Waals surface area contributed by atoms with E-state index in [-0.39, 0.29) is 6.42 Å². The Labute approximate surface area is 121 Å². The molecule has 0 amide bonds. The van der Waals surface area contributed by atoms with Gasteiger partial charge >= 0.3 is 5.97 Å². The summed E-state index contributed by atoms with van der Waals surface area (Å²) in [5.74, 6) is -0.791. The molecule has 4 heteroatoms. The molecule has 0 aliphatic rings. The number of aliphatic carboxylic acids is 1. The number of hydrogen-bond donors (Lipinski definition) is 1. The van der Waals surface area contributed by atoms with Crippen molar-refractivity contribution in [2.24, 2.45) is 0 Å². The van der Waals surface area contributed by atoms with E-state index in [0.717, 1.165) is 10.3 Å². The smallest absolute Gasteiger partial charge is 0.307 e. The van der Waals surface area contributed by atoms with Crippen LogP contribution in [0.3, 0.4) is 0 Å². The van der Waals surface area contributed by atoms with Crippen LogP contribution >= 0.6 is 11.3 Å². The van der Waals surface area contributed by atoms with Crippen LogP contribution in [-0.4, -0.2) is 25.2 Å². The average Bonchev–Trinajstić information content (AvgIpc) is 2.74. The van der Waals surface area contributed by atoms with Gasteiger partial charge in [0, 0.05) is 40.0 Å². The van der Waals surface area contributed by atoms with Gasteiger partial charge in [0.15, 0.2) is 0 Å². The van der Waals surface area contributed by atoms with Crippen LogP contribution in [0.15, 0.2) is 36.4 Å². The highest BCUT2D eigenvalue weighted by Crippen LogP contribution is 2.36. The molecule has 0 unspecified atom stereocenters. The molecule has 1 N–H and O–H groups in total. The maximum absolute atomic E-state index is 10.8. The van der Waals surface area contributed by atoms with Crippen LogP contribution in [0, 0.1) is 0 Å². The Morgan fingerprint density at radius 2 is 1.75 bits per heavy atom. The molecule has 3 rings (SSSR count). The molecule has 0 radical (unpaired) electrons. The zero-order valence-corrected chi connectivity index (χ0v) is 12.2. The van der Waals surface area contributed by atoms with E-state index in [1.165, 1.54) is 21.2 Å². The maximum Gasteiger partial charge on any atom is 0.307 e. The van der Waals surface area contributed by atoms with Gasteiger partial charge in [-0.05, 0) is 23.8 Å². The van der Waals surface area contributed by atoms with Gasteiger partial charge in [0.25, 0.3) is 0 Å². The lowest BCUT2D eigenvalue weighted by molar-refractivity contribution is -0.136. The number of carbonyl (C=O) groups is 1. The van der Waals surface area contributed by atoms with Crippen molar-refractivity contribution in [1.29, 1.82) is 0 Å². The number of fused-ring (bicyclic) bond motifs is 3. The van der Waals surface area contributed by atoms with Gasteiger partial charge in [-0.2, -0.15) is 0 Å². The van der Waals surface area contributed by atoms with Crippen LogP contribution in [0.25, 0.3) is 20.2 Å². The van der Waals surface area contributed by atoms with Crippen LogP contribution in [0.5, 0.6) is 0 Å². The summed E-state index contributed by atoms with van der Waals surface area (Å²) in [6, 6.07) is 12.4. The molecule has 1 heterocycles. The lowest BCUT2D eigenvalue weighted by Gasteiger charge is -2.11. The Hall–Kier alpha value is -2.07. The molecule has 20 heavy (non-hydrogen) atoms. The van der Waals surface area contributed by atoms with Crippen molar-refractivity contribution in [3.05, 3.63) is 42.0 Å². The first kappa shape index (κ1) is 12.9. The van der Waals surface area contributed by atoms with Gasteiger partial charge in [-0.15, -0.1) is 11.3 Å². The second kappa shape index (κ2) is 4.80. The average molecular weight is 285 g/mol. The van der Waals surface area contributed by atoms with Crippen molar-refractivity contribution in [1.82, 2.24) is 0 Å². The molecule has 0 atom stereocenters. The highest BCUT2D eigenvalue weighted by atomic mass is 32.1. The summed E-state index contributed by atoms with van der Waals surface area (Å²) >= 11 is 1.71. The first-order chi connectivity index (χ1) is 9.54. The van der Waals surface area contributed by atoms with Crippen molar-refractivity contribution in [2.45, 2.75) is 6.42 Å². The lowest BCUT2D eigenvalue weighted by atomic mass is 10.1. The van der Waals surface area contributed by atoms with Crippen molar-refractivity contribution >= 4 is 43.2 Å². The van der Waals surface area contributed by atoms with E-state index in [1.807, 2.05) is 32.3 Å². The molecular formula is C16H15NO2S. The number of rotatable bonds is 3. The van der Waals surface area contributed by atoms with Crippen molar-refractivity contribution in [3.8, 4) is 0 Å². The minimum atomic E-state index is -0.791. The zero-order valence-electron chi connectivity index (χ0n) is 11.4. The summed E-state index contributed by atoms with van der Waals surface area (Å²) in [5, 5.41) is 11.3. The molecule has 0 fully saturated rings. The number of thiophene rings is 1. The predicted molar refractivity (Wildman–Crippen MR) is 85.0 cm³/mol. The number of nitrogens with zero attached hydrogens (tertiary/aromatic N) is 1. The Balaban J connectivity index is 2.16. The quantitative estimate of drug-likeness (QED) is 0.796. The lowest BCUT2D eigenvalue weighted by Crippen LogP contribution is -2.07. The third-order valence-electron chi connectivity index (χ3n) is 3.39. The molecule has 2 aromatic carbocycles. The van der Waals surface area contributed by atoms with Crippen LogP contribution in [0.4, 0.5) is 5.69 Å². The number of carboxylic acid groups (broad SMARTS) is 1. The monoisotopic (exact) mass is 285 g/mol. The SMILES string of the molecule is CN(C)c1ccc2c(c1)sc1cc(CC(=O)O)ccc12. The van der Waals surface area contributed by atoms with Gasteiger partial charge < -0.3 is 10.0 Å². The van der Waals surface area contributed by atoms with E-state index in [0.29, 0.717) is 0 Å². The van der Waals surface area contributed by atoms with Crippen molar-refractivity contribution in [2.75, 3.05) is 19.0 Å². The van der Waals surface area contributed by atoms with Gasteiger partial charge in [0.1, 0.15) is 0 Å². The Morgan fingerprint density at radius 3 is 2.40 bits per heavy atom. The molecule has 0 saturated carbocycles. The highest BCUT2D eigenvalue weighted by Gasteiger charge is 2.08. The zero-order chi connectivity index (χ0) is 14.3. The number of hydrogen-bond acceptors (Lipinski definition) is 3. The summed E-state index contributed by atoms with van der Waals surface area (Å²) < 4.78 is 2.38. The van der Waals surface area contributed by atoms with Gasteiger partial charge in [-0.1, -0.05) is 18.2 Å². The molecule has 0 aliphatic heterocycles. The summed E-state index contributed by atoms with van der Waals surface area (Å²) in [4.78, 5) is 12.9. The van der Waals surface area contributed by atoms with Crippen LogP contribution in [0.1, 0.15) is 5.56 Å². The van der Waals surface area contributed by atoms with Gasteiger partial charge in [-0.3, -0.25) is 4.79 Å². The van der Waals surface area contributed by atoms with Crippen molar-refractivity contribution < 1.29 is 9.90 Å². The minimum absolute atomic E-state index is 0.0765. The van der Waals surface area contributed by atoms with Crippen LogP contribution in [-0.2, 0) is 11.2 Å². The second-order valence-electron chi connectivity index (χ2n) is 5.08. The van der Waals surface area contributed by atoms with Gasteiger partial charge in [0.05, 0.1) is 6.42 Å². The van der Waals surface area contributed by atoms with E-state index in [1.54, 1.807) is 11.3 Å². The van der Waals surface area contributed by atoms with Gasteiger partial charge in [-0.25, -0.2) is 0 Å². The largest absolute Gasteiger partial charge is 0.481 e. The van der Waals surface area contributed by atoms with E-state index in [2.05, 4.69) is 23.1 Å². The number of carboxylic acids is 1. The van der Waals surface area contributed by atoms with Gasteiger partial charge in [0.2, 0.25) is 0 Å². The maximum atomic E-state index is 10.8. The number of anilines is 1. The van der Waals surface area contributed by atoms with Crippen molar-refractivity contribution in [3.63, 3.8) is 0 Å². The summed E-state index contributed by atoms with van der Waals surface area (Å²) in [7, 11) is 4.05.